The molecule has 1 unspecified atom stereocenters. The van der Waals surface area contributed by atoms with Gasteiger partial charge >= 0.3 is 5.91 Å². The van der Waals surface area contributed by atoms with Crippen LogP contribution in [0.4, 0.5) is 5.69 Å². The quantitative estimate of drug-likeness (QED) is 0.410. The predicted molar refractivity (Wildman–Crippen MR) is 52.1 cm³/mol. The lowest BCUT2D eigenvalue weighted by atomic mass is 10.0. The minimum Gasteiger partial charge on any atom is -0.286 e. The molecular formula is C9H7N3O4. The lowest BCUT2D eigenvalue weighted by Crippen LogP contribution is -2.27. The normalized spacial score (nSPS) is 19.6. The Morgan fingerprint density at radius 2 is 1.81 bits per heavy atom. The van der Waals surface area contributed by atoms with Gasteiger partial charge in [-0.05, 0) is 5.56 Å². The molecule has 16 heavy (non-hydrogen) atoms. The summed E-state index contributed by atoms with van der Waals surface area (Å²) in [5.41, 5.74) is 5.13. The van der Waals surface area contributed by atoms with E-state index in [2.05, 4.69) is 10.9 Å². The van der Waals surface area contributed by atoms with Crippen LogP contribution in [-0.4, -0.2) is 16.6 Å². The van der Waals surface area contributed by atoms with Crippen LogP contribution in [0.15, 0.2) is 24.3 Å². The number of hydrogen-bond donors (Lipinski definition) is 2. The van der Waals surface area contributed by atoms with Crippen molar-refractivity contribution in [2.24, 2.45) is 0 Å². The monoisotopic (exact) mass is 221 g/mol. The number of ketones is 1. The highest BCUT2D eigenvalue weighted by molar-refractivity contribution is 6.39. The van der Waals surface area contributed by atoms with Gasteiger partial charge in [-0.1, -0.05) is 12.1 Å². The minimum absolute atomic E-state index is 0.0616. The average Bonchev–Trinajstić information content (AvgIpc) is 2.60. The van der Waals surface area contributed by atoms with Crippen LogP contribution in [0.1, 0.15) is 11.6 Å². The van der Waals surface area contributed by atoms with E-state index in [0.717, 1.165) is 0 Å². The van der Waals surface area contributed by atoms with Crippen molar-refractivity contribution in [3.63, 3.8) is 0 Å². The van der Waals surface area contributed by atoms with Gasteiger partial charge in [-0.3, -0.25) is 25.1 Å². The van der Waals surface area contributed by atoms with Gasteiger partial charge in [-0.2, -0.15) is 0 Å². The Bertz CT molecular complexity index is 468. The third-order valence-electron chi connectivity index (χ3n) is 2.25. The molecule has 1 atom stereocenters. The maximum Gasteiger partial charge on any atom is 0.303 e. The number of hydrogen-bond acceptors (Lipinski definition) is 5. The summed E-state index contributed by atoms with van der Waals surface area (Å²) in [6, 6.07) is 4.68. The fraction of sp³-hybridized carbons (Fsp3) is 0.111. The van der Waals surface area contributed by atoms with Crippen molar-refractivity contribution in [1.29, 1.82) is 0 Å². The van der Waals surface area contributed by atoms with Crippen LogP contribution in [-0.2, 0) is 9.59 Å². The molecule has 7 nitrogen and oxygen atoms in total. The fourth-order valence-electron chi connectivity index (χ4n) is 1.42. The molecule has 1 aliphatic heterocycles. The van der Waals surface area contributed by atoms with Crippen molar-refractivity contribution in [1.82, 2.24) is 10.9 Å². The number of nitro groups is 1. The standard InChI is InChI=1S/C9H7N3O4/c13-8-7(10-11-9(8)14)5-1-3-6(4-2-5)12(15)16/h1-4,7,10H,(H,11,14). The van der Waals surface area contributed by atoms with E-state index in [-0.39, 0.29) is 5.69 Å². The summed E-state index contributed by atoms with van der Waals surface area (Å²) in [5, 5.41) is 10.4. The molecule has 1 amide bonds. The fourth-order valence-corrected chi connectivity index (χ4v) is 1.42. The molecule has 2 N–H and O–H groups in total. The van der Waals surface area contributed by atoms with E-state index in [1.807, 2.05) is 0 Å². The van der Waals surface area contributed by atoms with Crippen molar-refractivity contribution in [2.75, 3.05) is 0 Å². The molecular weight excluding hydrogens is 214 g/mol. The van der Waals surface area contributed by atoms with Crippen molar-refractivity contribution < 1.29 is 14.5 Å². The van der Waals surface area contributed by atoms with Crippen molar-refractivity contribution in [3.05, 3.63) is 39.9 Å². The van der Waals surface area contributed by atoms with Crippen LogP contribution in [0.5, 0.6) is 0 Å². The van der Waals surface area contributed by atoms with Crippen LogP contribution in [0.2, 0.25) is 0 Å². The van der Waals surface area contributed by atoms with E-state index < -0.39 is 22.7 Å². The molecule has 1 fully saturated rings. The molecule has 0 bridgehead atoms. The van der Waals surface area contributed by atoms with E-state index in [1.54, 1.807) is 0 Å². The second-order valence-corrected chi connectivity index (χ2v) is 3.24. The zero-order chi connectivity index (χ0) is 11.7. The van der Waals surface area contributed by atoms with Gasteiger partial charge in [0.1, 0.15) is 6.04 Å². The van der Waals surface area contributed by atoms with Gasteiger partial charge in [-0.15, -0.1) is 0 Å². The number of Topliss-reactive ketones (excluding diaryl/α,β-unsaturated/α-hetero) is 1. The number of nitrogens with one attached hydrogen (secondary N) is 2. The van der Waals surface area contributed by atoms with Crippen LogP contribution < -0.4 is 10.9 Å². The average molecular weight is 221 g/mol. The molecule has 82 valence electrons. The number of rotatable bonds is 2. The number of carbonyl (C=O) groups is 2. The molecule has 1 aliphatic rings. The first-order valence-corrected chi connectivity index (χ1v) is 4.43. The van der Waals surface area contributed by atoms with Gasteiger partial charge in [0, 0.05) is 12.1 Å². The first-order chi connectivity index (χ1) is 7.59. The molecule has 0 radical (unpaired) electrons. The van der Waals surface area contributed by atoms with E-state index in [4.69, 9.17) is 0 Å². The molecule has 1 aromatic carbocycles. The highest BCUT2D eigenvalue weighted by Gasteiger charge is 2.33. The molecule has 0 aromatic heterocycles. The van der Waals surface area contributed by atoms with Crippen LogP contribution in [0.25, 0.3) is 0 Å². The Balaban J connectivity index is 2.26. The molecule has 7 heteroatoms. The maximum atomic E-state index is 11.3. The lowest BCUT2D eigenvalue weighted by molar-refractivity contribution is -0.384. The topological polar surface area (TPSA) is 101 Å². The third kappa shape index (κ3) is 1.63. The smallest absolute Gasteiger partial charge is 0.286 e. The molecule has 0 saturated carbocycles. The summed E-state index contributed by atoms with van der Waals surface area (Å²) in [5.74, 6) is -1.31. The Kier molecular flexibility index (Phi) is 2.37. The number of carbonyl (C=O) groups excluding carboxylic acids is 2. The Labute approximate surface area is 89.6 Å². The van der Waals surface area contributed by atoms with Gasteiger partial charge in [0.2, 0.25) is 5.78 Å². The third-order valence-corrected chi connectivity index (χ3v) is 2.25. The first-order valence-electron chi connectivity index (χ1n) is 4.43. The number of non-ortho nitro benzene ring substituents is 1. The first kappa shape index (κ1) is 10.2. The summed E-state index contributed by atoms with van der Waals surface area (Å²) in [6.45, 7) is 0. The van der Waals surface area contributed by atoms with E-state index in [1.165, 1.54) is 24.3 Å². The highest BCUT2D eigenvalue weighted by Crippen LogP contribution is 2.19. The lowest BCUT2D eigenvalue weighted by Gasteiger charge is -2.06. The Hall–Kier alpha value is -2.28. The second-order valence-electron chi connectivity index (χ2n) is 3.24. The highest BCUT2D eigenvalue weighted by atomic mass is 16.6. The maximum absolute atomic E-state index is 11.3. The number of nitrogens with zero attached hydrogens (tertiary/aromatic N) is 1. The number of hydrazine groups is 1. The number of nitro benzene ring substituents is 1. The van der Waals surface area contributed by atoms with Gasteiger partial charge < -0.3 is 0 Å². The number of amides is 1. The summed E-state index contributed by atoms with van der Waals surface area (Å²) in [6.07, 6.45) is 0. The number of benzene rings is 1. The summed E-state index contributed by atoms with van der Waals surface area (Å²) < 4.78 is 0. The molecule has 1 heterocycles. The van der Waals surface area contributed by atoms with E-state index >= 15 is 0 Å². The molecule has 0 spiro atoms. The van der Waals surface area contributed by atoms with Crippen molar-refractivity contribution >= 4 is 17.4 Å². The van der Waals surface area contributed by atoms with Gasteiger partial charge in [-0.25, -0.2) is 5.43 Å². The largest absolute Gasteiger partial charge is 0.303 e. The van der Waals surface area contributed by atoms with E-state index in [0.29, 0.717) is 5.56 Å². The van der Waals surface area contributed by atoms with Gasteiger partial charge in [0.15, 0.2) is 0 Å². The van der Waals surface area contributed by atoms with Crippen molar-refractivity contribution in [2.45, 2.75) is 6.04 Å². The minimum atomic E-state index is -0.770. The van der Waals surface area contributed by atoms with Crippen LogP contribution in [0.3, 0.4) is 0 Å². The Morgan fingerprint density at radius 3 is 2.25 bits per heavy atom. The van der Waals surface area contributed by atoms with Crippen LogP contribution in [0, 0.1) is 10.1 Å². The summed E-state index contributed by atoms with van der Waals surface area (Å²) >= 11 is 0. The summed E-state index contributed by atoms with van der Waals surface area (Å²) in [7, 11) is 0. The van der Waals surface area contributed by atoms with Gasteiger partial charge in [0.05, 0.1) is 4.92 Å². The predicted octanol–water partition coefficient (Wildman–Crippen LogP) is -0.161. The zero-order valence-corrected chi connectivity index (χ0v) is 7.97. The second kappa shape index (κ2) is 3.70. The zero-order valence-electron chi connectivity index (χ0n) is 7.97. The van der Waals surface area contributed by atoms with Crippen molar-refractivity contribution in [3.8, 4) is 0 Å². The molecule has 0 aliphatic carbocycles. The Morgan fingerprint density at radius 1 is 1.19 bits per heavy atom. The molecule has 2 rings (SSSR count). The van der Waals surface area contributed by atoms with Gasteiger partial charge in [0.25, 0.3) is 5.69 Å². The molecule has 1 saturated heterocycles. The SMILES string of the molecule is O=C1NNC(c2ccc([N+](=O)[O-])cc2)C1=O. The molecule has 1 aromatic rings. The van der Waals surface area contributed by atoms with E-state index in [9.17, 15) is 19.7 Å². The summed E-state index contributed by atoms with van der Waals surface area (Å²) in [4.78, 5) is 32.1. The van der Waals surface area contributed by atoms with Crippen LogP contribution >= 0.6 is 0 Å².